The minimum atomic E-state index is -0.823. The standard InChI is InChI=1S/C14H23N3O4/c1-8(2)16-12(18)5-6-15-14(21)17-9-3-4-11(17)10(7-9)13(19)20/h8-11H,3-7H2,1-2H3,(H,15,21)(H,16,18)(H,19,20). The third-order valence-electron chi connectivity index (χ3n) is 4.17. The van der Waals surface area contributed by atoms with Crippen molar-refractivity contribution in [2.45, 2.75) is 57.7 Å². The lowest BCUT2D eigenvalue weighted by molar-refractivity contribution is -0.142. The van der Waals surface area contributed by atoms with Crippen molar-refractivity contribution in [1.29, 1.82) is 0 Å². The number of aliphatic carboxylic acids is 1. The van der Waals surface area contributed by atoms with Crippen LogP contribution in [0.3, 0.4) is 0 Å². The van der Waals surface area contributed by atoms with Gasteiger partial charge in [-0.3, -0.25) is 9.59 Å². The van der Waals surface area contributed by atoms with E-state index >= 15 is 0 Å². The summed E-state index contributed by atoms with van der Waals surface area (Å²) in [6, 6.07) is -0.333. The van der Waals surface area contributed by atoms with E-state index in [2.05, 4.69) is 10.6 Å². The number of carbonyl (C=O) groups excluding carboxylic acids is 2. The van der Waals surface area contributed by atoms with Gasteiger partial charge in [0.1, 0.15) is 0 Å². The molecule has 2 heterocycles. The minimum Gasteiger partial charge on any atom is -0.481 e. The molecule has 0 aliphatic carbocycles. The molecule has 2 rings (SSSR count). The number of rotatable bonds is 5. The van der Waals surface area contributed by atoms with Crippen molar-refractivity contribution in [2.75, 3.05) is 6.54 Å². The summed E-state index contributed by atoms with van der Waals surface area (Å²) in [5.74, 6) is -1.37. The Hall–Kier alpha value is -1.79. The molecule has 2 fully saturated rings. The van der Waals surface area contributed by atoms with Gasteiger partial charge < -0.3 is 20.6 Å². The second-order valence-corrected chi connectivity index (χ2v) is 6.09. The number of urea groups is 1. The Balaban J connectivity index is 1.79. The van der Waals surface area contributed by atoms with Crippen molar-refractivity contribution in [2.24, 2.45) is 5.92 Å². The van der Waals surface area contributed by atoms with Gasteiger partial charge in [-0.2, -0.15) is 0 Å². The zero-order valence-corrected chi connectivity index (χ0v) is 12.5. The molecule has 0 aromatic rings. The summed E-state index contributed by atoms with van der Waals surface area (Å²) in [7, 11) is 0. The molecule has 0 radical (unpaired) electrons. The molecule has 0 saturated carbocycles. The molecule has 7 nitrogen and oxygen atoms in total. The quantitative estimate of drug-likeness (QED) is 0.690. The van der Waals surface area contributed by atoms with Crippen molar-refractivity contribution < 1.29 is 19.5 Å². The van der Waals surface area contributed by atoms with E-state index in [4.69, 9.17) is 5.11 Å². The maximum atomic E-state index is 12.2. The van der Waals surface area contributed by atoms with Gasteiger partial charge in [-0.25, -0.2) is 4.79 Å². The van der Waals surface area contributed by atoms with E-state index in [0.29, 0.717) is 6.42 Å². The normalized spacial score (nSPS) is 27.0. The van der Waals surface area contributed by atoms with Crippen LogP contribution in [0.1, 0.15) is 39.5 Å². The summed E-state index contributed by atoms with van der Waals surface area (Å²) in [6.07, 6.45) is 2.40. The fraction of sp³-hybridized carbons (Fsp3) is 0.786. The summed E-state index contributed by atoms with van der Waals surface area (Å²) in [5, 5.41) is 14.6. The number of carboxylic acid groups (broad SMARTS) is 1. The Morgan fingerprint density at radius 2 is 2.00 bits per heavy atom. The fourth-order valence-corrected chi connectivity index (χ4v) is 3.34. The Kier molecular flexibility index (Phi) is 4.69. The average Bonchev–Trinajstić information content (AvgIpc) is 2.94. The van der Waals surface area contributed by atoms with E-state index in [0.717, 1.165) is 12.8 Å². The van der Waals surface area contributed by atoms with Crippen LogP contribution in [0.5, 0.6) is 0 Å². The molecule has 2 aliphatic heterocycles. The summed E-state index contributed by atoms with van der Waals surface area (Å²) in [5.41, 5.74) is 0. The first-order valence-electron chi connectivity index (χ1n) is 7.48. The summed E-state index contributed by atoms with van der Waals surface area (Å²) >= 11 is 0. The van der Waals surface area contributed by atoms with E-state index < -0.39 is 11.9 Å². The molecule has 2 aliphatic rings. The van der Waals surface area contributed by atoms with E-state index in [-0.39, 0.29) is 43.0 Å². The molecule has 2 bridgehead atoms. The molecule has 3 atom stereocenters. The maximum absolute atomic E-state index is 12.2. The van der Waals surface area contributed by atoms with Crippen molar-refractivity contribution in [3.63, 3.8) is 0 Å². The van der Waals surface area contributed by atoms with Gasteiger partial charge >= 0.3 is 12.0 Å². The third-order valence-corrected chi connectivity index (χ3v) is 4.17. The van der Waals surface area contributed by atoms with Gasteiger partial charge in [0.15, 0.2) is 0 Å². The lowest BCUT2D eigenvalue weighted by atomic mass is 9.89. The zero-order chi connectivity index (χ0) is 15.6. The number of nitrogens with one attached hydrogen (secondary N) is 2. The molecular formula is C14H23N3O4. The molecule has 0 aromatic heterocycles. The number of fused-ring (bicyclic) bond motifs is 2. The highest BCUT2D eigenvalue weighted by Gasteiger charge is 2.51. The average molecular weight is 297 g/mol. The molecule has 21 heavy (non-hydrogen) atoms. The van der Waals surface area contributed by atoms with Crippen molar-refractivity contribution >= 4 is 17.9 Å². The number of amides is 3. The number of carbonyl (C=O) groups is 3. The van der Waals surface area contributed by atoms with Crippen LogP contribution >= 0.6 is 0 Å². The topological polar surface area (TPSA) is 98.7 Å². The second-order valence-electron chi connectivity index (χ2n) is 6.09. The Morgan fingerprint density at radius 3 is 2.57 bits per heavy atom. The molecule has 0 spiro atoms. The number of carboxylic acids is 1. The zero-order valence-electron chi connectivity index (χ0n) is 12.5. The predicted octanol–water partition coefficient (Wildman–Crippen LogP) is 0.548. The van der Waals surface area contributed by atoms with Gasteiger partial charge in [0.2, 0.25) is 5.91 Å². The van der Waals surface area contributed by atoms with Crippen LogP contribution in [0.15, 0.2) is 0 Å². The summed E-state index contributed by atoms with van der Waals surface area (Å²) in [6.45, 7) is 4.03. The maximum Gasteiger partial charge on any atom is 0.317 e. The van der Waals surface area contributed by atoms with Crippen LogP contribution in [0, 0.1) is 5.92 Å². The van der Waals surface area contributed by atoms with Crippen LogP contribution in [0.25, 0.3) is 0 Å². The van der Waals surface area contributed by atoms with E-state index in [9.17, 15) is 14.4 Å². The van der Waals surface area contributed by atoms with Crippen LogP contribution in [0.2, 0.25) is 0 Å². The first kappa shape index (κ1) is 15.6. The number of nitrogens with zero attached hydrogens (tertiary/aromatic N) is 1. The highest BCUT2D eigenvalue weighted by molar-refractivity contribution is 5.80. The second kappa shape index (κ2) is 6.32. The lowest BCUT2D eigenvalue weighted by Crippen LogP contribution is -2.45. The van der Waals surface area contributed by atoms with Crippen molar-refractivity contribution in [1.82, 2.24) is 15.5 Å². The Labute approximate surface area is 124 Å². The van der Waals surface area contributed by atoms with E-state index in [1.54, 1.807) is 4.90 Å². The third kappa shape index (κ3) is 3.46. The number of hydrogen-bond donors (Lipinski definition) is 3. The van der Waals surface area contributed by atoms with E-state index in [1.807, 2.05) is 13.8 Å². The molecular weight excluding hydrogens is 274 g/mol. The molecule has 3 amide bonds. The van der Waals surface area contributed by atoms with Gasteiger partial charge in [0.05, 0.1) is 5.92 Å². The fourth-order valence-electron chi connectivity index (χ4n) is 3.34. The lowest BCUT2D eigenvalue weighted by Gasteiger charge is -2.23. The van der Waals surface area contributed by atoms with E-state index in [1.165, 1.54) is 0 Å². The summed E-state index contributed by atoms with van der Waals surface area (Å²) < 4.78 is 0. The first-order chi connectivity index (χ1) is 9.90. The summed E-state index contributed by atoms with van der Waals surface area (Å²) in [4.78, 5) is 36.5. The molecule has 7 heteroatoms. The Morgan fingerprint density at radius 1 is 1.29 bits per heavy atom. The van der Waals surface area contributed by atoms with Crippen LogP contribution in [-0.4, -0.2) is 52.6 Å². The first-order valence-corrected chi connectivity index (χ1v) is 7.48. The monoisotopic (exact) mass is 297 g/mol. The molecule has 3 N–H and O–H groups in total. The van der Waals surface area contributed by atoms with Crippen LogP contribution < -0.4 is 10.6 Å². The largest absolute Gasteiger partial charge is 0.481 e. The highest BCUT2D eigenvalue weighted by Crippen LogP contribution is 2.41. The molecule has 118 valence electrons. The highest BCUT2D eigenvalue weighted by atomic mass is 16.4. The SMILES string of the molecule is CC(C)NC(=O)CCNC(=O)N1C2CCC1C(C(=O)O)C2. The Bertz CT molecular complexity index is 438. The molecule has 3 unspecified atom stereocenters. The van der Waals surface area contributed by atoms with Gasteiger partial charge in [0, 0.05) is 31.1 Å². The predicted molar refractivity (Wildman–Crippen MR) is 75.7 cm³/mol. The minimum absolute atomic E-state index is 0.0283. The molecule has 2 saturated heterocycles. The van der Waals surface area contributed by atoms with Gasteiger partial charge in [-0.15, -0.1) is 0 Å². The number of hydrogen-bond acceptors (Lipinski definition) is 3. The van der Waals surface area contributed by atoms with Crippen molar-refractivity contribution in [3.8, 4) is 0 Å². The van der Waals surface area contributed by atoms with Crippen LogP contribution in [0.4, 0.5) is 4.79 Å². The molecule has 0 aromatic carbocycles. The van der Waals surface area contributed by atoms with Gasteiger partial charge in [-0.1, -0.05) is 0 Å². The van der Waals surface area contributed by atoms with Crippen LogP contribution in [-0.2, 0) is 9.59 Å². The van der Waals surface area contributed by atoms with Gasteiger partial charge in [0.25, 0.3) is 0 Å². The smallest absolute Gasteiger partial charge is 0.317 e. The van der Waals surface area contributed by atoms with Crippen molar-refractivity contribution in [3.05, 3.63) is 0 Å². The van der Waals surface area contributed by atoms with Gasteiger partial charge in [-0.05, 0) is 33.1 Å².